The molecule has 172 valence electrons. The van der Waals surface area contributed by atoms with Crippen molar-refractivity contribution in [2.45, 2.75) is 34.2 Å². The third-order valence-corrected chi connectivity index (χ3v) is 5.04. The number of hydrogen-bond acceptors (Lipinski definition) is 6. The third kappa shape index (κ3) is 8.34. The molecule has 0 bridgehead atoms. The molecule has 1 aromatic rings. The highest BCUT2D eigenvalue weighted by Gasteiger charge is 2.27. The summed E-state index contributed by atoms with van der Waals surface area (Å²) in [5.41, 5.74) is -0.552. The van der Waals surface area contributed by atoms with Crippen LogP contribution in [0.3, 0.4) is 0 Å². The first kappa shape index (κ1) is 26.6. The van der Waals surface area contributed by atoms with E-state index in [1.54, 1.807) is 0 Å². The van der Waals surface area contributed by atoms with Gasteiger partial charge in [0.05, 0.1) is 18.6 Å². The van der Waals surface area contributed by atoms with Crippen LogP contribution >= 0.6 is 24.0 Å². The Morgan fingerprint density at radius 3 is 2.50 bits per heavy atom. The SMILES string of the molecule is CCNC(=O)C(C)(C)CNC(=NCc1nnc(C)n1C)NCCN1CCOCC1.I. The van der Waals surface area contributed by atoms with Crippen LogP contribution in [-0.4, -0.2) is 84.0 Å². The Labute approximate surface area is 196 Å². The van der Waals surface area contributed by atoms with Gasteiger partial charge >= 0.3 is 0 Å². The van der Waals surface area contributed by atoms with E-state index in [2.05, 4.69) is 36.0 Å². The second-order valence-corrected chi connectivity index (χ2v) is 7.86. The van der Waals surface area contributed by atoms with Crippen molar-refractivity contribution < 1.29 is 9.53 Å². The van der Waals surface area contributed by atoms with Gasteiger partial charge in [-0.2, -0.15) is 0 Å². The van der Waals surface area contributed by atoms with E-state index in [9.17, 15) is 4.79 Å². The maximum Gasteiger partial charge on any atom is 0.227 e. The van der Waals surface area contributed by atoms with Crippen LogP contribution < -0.4 is 16.0 Å². The Hall–Kier alpha value is -1.47. The van der Waals surface area contributed by atoms with Gasteiger partial charge in [0.2, 0.25) is 5.91 Å². The Kier molecular flexibility index (Phi) is 11.6. The average Bonchev–Trinajstić information content (AvgIpc) is 3.02. The number of aromatic nitrogens is 3. The Bertz CT molecular complexity index is 686. The zero-order valence-electron chi connectivity index (χ0n) is 18.8. The number of halogens is 1. The van der Waals surface area contributed by atoms with Crippen molar-refractivity contribution in [3.63, 3.8) is 0 Å². The summed E-state index contributed by atoms with van der Waals surface area (Å²) in [6.45, 7) is 14.3. The zero-order valence-corrected chi connectivity index (χ0v) is 21.2. The second-order valence-electron chi connectivity index (χ2n) is 7.86. The number of amides is 1. The number of carbonyl (C=O) groups excluding carboxylic acids is 1. The first-order chi connectivity index (χ1) is 13.8. The highest BCUT2D eigenvalue weighted by atomic mass is 127. The van der Waals surface area contributed by atoms with Crippen LogP contribution in [-0.2, 0) is 23.1 Å². The maximum absolute atomic E-state index is 12.3. The predicted molar refractivity (Wildman–Crippen MR) is 128 cm³/mol. The van der Waals surface area contributed by atoms with Gasteiger partial charge in [0, 0.05) is 46.3 Å². The van der Waals surface area contributed by atoms with E-state index in [0.717, 1.165) is 51.0 Å². The fraction of sp³-hybridized carbons (Fsp3) is 0.789. The molecule has 30 heavy (non-hydrogen) atoms. The maximum atomic E-state index is 12.3. The van der Waals surface area contributed by atoms with Crippen LogP contribution in [0.4, 0.5) is 0 Å². The van der Waals surface area contributed by atoms with E-state index < -0.39 is 5.41 Å². The summed E-state index contributed by atoms with van der Waals surface area (Å²) in [7, 11) is 1.93. The van der Waals surface area contributed by atoms with Gasteiger partial charge in [-0.25, -0.2) is 4.99 Å². The molecule has 2 rings (SSSR count). The fourth-order valence-electron chi connectivity index (χ4n) is 2.85. The molecule has 0 atom stereocenters. The molecule has 0 unspecified atom stereocenters. The molecule has 0 spiro atoms. The normalized spacial score (nSPS) is 15.4. The van der Waals surface area contributed by atoms with Crippen LogP contribution in [0.15, 0.2) is 4.99 Å². The third-order valence-electron chi connectivity index (χ3n) is 5.04. The zero-order chi connectivity index (χ0) is 21.3. The molecule has 0 aromatic carbocycles. The van der Waals surface area contributed by atoms with Crippen LogP contribution in [0.5, 0.6) is 0 Å². The molecule has 1 amide bonds. The minimum absolute atomic E-state index is 0. The lowest BCUT2D eigenvalue weighted by molar-refractivity contribution is -0.128. The number of carbonyl (C=O) groups is 1. The van der Waals surface area contributed by atoms with Gasteiger partial charge in [-0.15, -0.1) is 34.2 Å². The summed E-state index contributed by atoms with van der Waals surface area (Å²) in [4.78, 5) is 19.3. The molecule has 3 N–H and O–H groups in total. The predicted octanol–water partition coefficient (Wildman–Crippen LogP) is 0.271. The largest absolute Gasteiger partial charge is 0.379 e. The topological polar surface area (TPSA) is 109 Å². The molecule has 0 saturated carbocycles. The van der Waals surface area contributed by atoms with Crippen molar-refractivity contribution in [3.05, 3.63) is 11.6 Å². The molecule has 1 aromatic heterocycles. The van der Waals surface area contributed by atoms with Crippen molar-refractivity contribution in [1.29, 1.82) is 0 Å². The van der Waals surface area contributed by atoms with E-state index in [0.29, 0.717) is 25.6 Å². The van der Waals surface area contributed by atoms with E-state index in [-0.39, 0.29) is 29.9 Å². The molecule has 0 aliphatic carbocycles. The van der Waals surface area contributed by atoms with Gasteiger partial charge in [-0.05, 0) is 27.7 Å². The van der Waals surface area contributed by atoms with Crippen molar-refractivity contribution in [1.82, 2.24) is 35.6 Å². The second kappa shape index (κ2) is 13.1. The van der Waals surface area contributed by atoms with Gasteiger partial charge < -0.3 is 25.3 Å². The summed E-state index contributed by atoms with van der Waals surface area (Å²) in [6.07, 6.45) is 0. The summed E-state index contributed by atoms with van der Waals surface area (Å²) in [5, 5.41) is 17.8. The number of nitrogens with one attached hydrogen (secondary N) is 3. The quantitative estimate of drug-likeness (QED) is 0.236. The Morgan fingerprint density at radius 1 is 1.20 bits per heavy atom. The summed E-state index contributed by atoms with van der Waals surface area (Å²) >= 11 is 0. The van der Waals surface area contributed by atoms with Crippen LogP contribution in [0, 0.1) is 12.3 Å². The Morgan fingerprint density at radius 2 is 1.90 bits per heavy atom. The minimum Gasteiger partial charge on any atom is -0.379 e. The molecule has 1 aliphatic rings. The van der Waals surface area contributed by atoms with Crippen molar-refractivity contribution in [2.75, 3.05) is 52.5 Å². The van der Waals surface area contributed by atoms with Gasteiger partial charge in [-0.1, -0.05) is 0 Å². The number of nitrogens with zero attached hydrogens (tertiary/aromatic N) is 5. The first-order valence-electron chi connectivity index (χ1n) is 10.3. The molecule has 1 aliphatic heterocycles. The molecular weight excluding hydrogens is 499 g/mol. The van der Waals surface area contributed by atoms with Crippen molar-refractivity contribution in [2.24, 2.45) is 17.5 Å². The molecule has 0 radical (unpaired) electrons. The lowest BCUT2D eigenvalue weighted by atomic mass is 9.92. The molecule has 11 heteroatoms. The molecule has 10 nitrogen and oxygen atoms in total. The fourth-order valence-corrected chi connectivity index (χ4v) is 2.85. The van der Waals surface area contributed by atoms with Gasteiger partial charge in [0.15, 0.2) is 11.8 Å². The minimum atomic E-state index is -0.552. The highest BCUT2D eigenvalue weighted by molar-refractivity contribution is 14.0. The van der Waals surface area contributed by atoms with Crippen LogP contribution in [0.1, 0.15) is 32.4 Å². The standard InChI is InChI=1S/C19H36N8O2.HI/c1-6-20-17(28)19(3,4)14-23-18(21-7-8-27-9-11-29-12-10-27)22-13-16-25-24-15(2)26(16)5;/h6-14H2,1-5H3,(H,20,28)(H2,21,22,23);1H. The first-order valence-corrected chi connectivity index (χ1v) is 10.3. The number of rotatable bonds is 9. The van der Waals surface area contributed by atoms with Gasteiger partial charge in [-0.3, -0.25) is 9.69 Å². The molecule has 2 heterocycles. The van der Waals surface area contributed by atoms with Gasteiger partial charge in [0.25, 0.3) is 0 Å². The number of guanidine groups is 1. The van der Waals surface area contributed by atoms with E-state index >= 15 is 0 Å². The summed E-state index contributed by atoms with van der Waals surface area (Å²) in [5.74, 6) is 2.32. The van der Waals surface area contributed by atoms with E-state index in [4.69, 9.17) is 4.74 Å². The molecular formula is C19H37IN8O2. The average molecular weight is 536 g/mol. The summed E-state index contributed by atoms with van der Waals surface area (Å²) in [6, 6.07) is 0. The monoisotopic (exact) mass is 536 g/mol. The van der Waals surface area contributed by atoms with Gasteiger partial charge in [0.1, 0.15) is 12.4 Å². The lowest BCUT2D eigenvalue weighted by Gasteiger charge is -2.27. The lowest BCUT2D eigenvalue weighted by Crippen LogP contribution is -2.49. The smallest absolute Gasteiger partial charge is 0.227 e. The van der Waals surface area contributed by atoms with Crippen molar-refractivity contribution in [3.8, 4) is 0 Å². The summed E-state index contributed by atoms with van der Waals surface area (Å²) < 4.78 is 7.32. The number of ether oxygens (including phenoxy) is 1. The number of aliphatic imine (C=N–C) groups is 1. The molecule has 1 saturated heterocycles. The highest BCUT2D eigenvalue weighted by Crippen LogP contribution is 2.13. The number of hydrogen-bond donors (Lipinski definition) is 3. The number of morpholine rings is 1. The van der Waals surface area contributed by atoms with Crippen LogP contribution in [0.25, 0.3) is 0 Å². The van der Waals surface area contributed by atoms with E-state index in [1.165, 1.54) is 0 Å². The Balaban J connectivity index is 0.00000450. The number of aryl methyl sites for hydroxylation is 1. The van der Waals surface area contributed by atoms with Crippen molar-refractivity contribution >= 4 is 35.8 Å². The molecule has 1 fully saturated rings. The van der Waals surface area contributed by atoms with Crippen LogP contribution in [0.2, 0.25) is 0 Å². The van der Waals surface area contributed by atoms with E-state index in [1.807, 2.05) is 39.3 Å².